The summed E-state index contributed by atoms with van der Waals surface area (Å²) in [5.74, 6) is 0. The molecule has 0 atom stereocenters. The molecule has 0 unspecified atom stereocenters. The van der Waals surface area contributed by atoms with Gasteiger partial charge in [0.15, 0.2) is 0 Å². The van der Waals surface area contributed by atoms with Crippen molar-refractivity contribution in [3.63, 3.8) is 0 Å². The van der Waals surface area contributed by atoms with Gasteiger partial charge in [0.1, 0.15) is 0 Å². The standard InChI is InChI=1S/C13H11Cl2O9PS2/c1-25(16,21-23-26(17,18)12-6-2-10(14)3-7-12)22-24-27(19,20)13-8-4-11(15)5-9-13/h2-9H,1H3. The summed E-state index contributed by atoms with van der Waals surface area (Å²) >= 11 is 11.3. The summed E-state index contributed by atoms with van der Waals surface area (Å²) in [6, 6.07) is 9.58. The second-order valence-electron chi connectivity index (χ2n) is 4.87. The molecule has 0 aliphatic heterocycles. The van der Waals surface area contributed by atoms with Crippen LogP contribution in [0.1, 0.15) is 0 Å². The largest absolute Gasteiger partial charge is 0.384 e. The van der Waals surface area contributed by atoms with E-state index in [-0.39, 0.29) is 19.8 Å². The lowest BCUT2D eigenvalue weighted by atomic mass is 10.4. The van der Waals surface area contributed by atoms with Crippen LogP contribution in [0, 0.1) is 0 Å². The number of hydrogen-bond acceptors (Lipinski definition) is 9. The van der Waals surface area contributed by atoms with Crippen LogP contribution in [-0.2, 0) is 42.8 Å². The van der Waals surface area contributed by atoms with Gasteiger partial charge in [-0.2, -0.15) is 16.8 Å². The highest BCUT2D eigenvalue weighted by Crippen LogP contribution is 2.46. The van der Waals surface area contributed by atoms with Crippen LogP contribution in [0.3, 0.4) is 0 Å². The van der Waals surface area contributed by atoms with Gasteiger partial charge >= 0.3 is 27.8 Å². The van der Waals surface area contributed by atoms with Crippen LogP contribution >= 0.6 is 30.8 Å². The molecule has 0 N–H and O–H groups in total. The van der Waals surface area contributed by atoms with Gasteiger partial charge in [-0.05, 0) is 48.5 Å². The Morgan fingerprint density at radius 2 is 1.00 bits per heavy atom. The lowest BCUT2D eigenvalue weighted by Gasteiger charge is -2.11. The van der Waals surface area contributed by atoms with Crippen LogP contribution in [0.5, 0.6) is 0 Å². The summed E-state index contributed by atoms with van der Waals surface area (Å²) in [6.07, 6.45) is 0. The minimum atomic E-state index is -4.47. The highest BCUT2D eigenvalue weighted by atomic mass is 35.5. The SMILES string of the molecule is CP(=O)(OOS(=O)(=O)c1ccc(Cl)cc1)OOS(=O)(=O)c1ccc(Cl)cc1. The molecule has 0 amide bonds. The van der Waals surface area contributed by atoms with Crippen molar-refractivity contribution in [1.82, 2.24) is 0 Å². The first kappa shape index (κ1) is 22.3. The predicted octanol–water partition coefficient (Wildman–Crippen LogP) is 3.79. The second-order valence-corrected chi connectivity index (χ2v) is 10.6. The fraction of sp³-hybridized carbons (Fsp3) is 0.0769. The van der Waals surface area contributed by atoms with E-state index in [9.17, 15) is 21.4 Å². The third-order valence-corrected chi connectivity index (χ3v) is 6.31. The first-order valence-corrected chi connectivity index (χ1v) is 12.3. The summed E-state index contributed by atoms with van der Waals surface area (Å²) in [6.45, 7) is 0.738. The average molecular weight is 477 g/mol. The fourth-order valence-electron chi connectivity index (χ4n) is 1.48. The molecule has 0 aliphatic carbocycles. The van der Waals surface area contributed by atoms with Gasteiger partial charge in [-0.1, -0.05) is 31.9 Å². The lowest BCUT2D eigenvalue weighted by Crippen LogP contribution is -2.10. The van der Waals surface area contributed by atoms with Gasteiger partial charge in [-0.25, -0.2) is 0 Å². The van der Waals surface area contributed by atoms with Crippen LogP contribution in [0.2, 0.25) is 10.0 Å². The molecule has 0 spiro atoms. The van der Waals surface area contributed by atoms with Gasteiger partial charge < -0.3 is 0 Å². The van der Waals surface area contributed by atoms with Gasteiger partial charge in [-0.15, -0.1) is 9.35 Å². The molecule has 148 valence electrons. The second kappa shape index (κ2) is 8.56. The molecule has 14 heteroatoms. The lowest BCUT2D eigenvalue weighted by molar-refractivity contribution is -0.163. The summed E-state index contributed by atoms with van der Waals surface area (Å²) in [7, 11) is -13.3. The molecule has 2 aromatic rings. The Morgan fingerprint density at radius 3 is 1.30 bits per heavy atom. The van der Waals surface area contributed by atoms with E-state index >= 15 is 0 Å². The maximum absolute atomic E-state index is 12.0. The Kier molecular flexibility index (Phi) is 7.06. The molecule has 2 rings (SSSR count). The summed E-state index contributed by atoms with van der Waals surface area (Å²) in [4.78, 5) is -0.691. The molecule has 0 radical (unpaired) electrons. The van der Waals surface area contributed by atoms with E-state index in [0.29, 0.717) is 0 Å². The van der Waals surface area contributed by atoms with Crippen molar-refractivity contribution in [1.29, 1.82) is 0 Å². The molecule has 0 saturated carbocycles. The fourth-order valence-corrected chi connectivity index (χ4v) is 4.38. The average Bonchev–Trinajstić information content (AvgIpc) is 2.60. The Balaban J connectivity index is 2.01. The quantitative estimate of drug-likeness (QED) is 0.318. The maximum Gasteiger partial charge on any atom is 0.384 e. The number of hydrogen-bond donors (Lipinski definition) is 0. The molecular formula is C13H11Cl2O9PS2. The van der Waals surface area contributed by atoms with Gasteiger partial charge in [-0.3, -0.25) is 4.57 Å². The number of rotatable bonds is 8. The van der Waals surface area contributed by atoms with E-state index in [1.165, 1.54) is 24.3 Å². The minimum Gasteiger partial charge on any atom is -0.255 e. The van der Waals surface area contributed by atoms with Crippen molar-refractivity contribution >= 4 is 51.0 Å². The van der Waals surface area contributed by atoms with Crippen LogP contribution in [0.25, 0.3) is 0 Å². The van der Waals surface area contributed by atoms with Gasteiger partial charge in [0, 0.05) is 16.7 Å². The molecule has 0 aliphatic rings. The first-order chi connectivity index (χ1) is 12.4. The summed E-state index contributed by atoms with van der Waals surface area (Å²) in [5.41, 5.74) is 0. The molecule has 9 nitrogen and oxygen atoms in total. The van der Waals surface area contributed by atoms with Crippen molar-refractivity contribution in [2.24, 2.45) is 0 Å². The van der Waals surface area contributed by atoms with E-state index in [4.69, 9.17) is 23.2 Å². The molecule has 0 heterocycles. The van der Waals surface area contributed by atoms with Gasteiger partial charge in [0.05, 0.1) is 9.79 Å². The van der Waals surface area contributed by atoms with Crippen LogP contribution in [0.4, 0.5) is 0 Å². The van der Waals surface area contributed by atoms with Crippen molar-refractivity contribution in [2.45, 2.75) is 9.79 Å². The first-order valence-electron chi connectivity index (χ1n) is 6.76. The zero-order valence-electron chi connectivity index (χ0n) is 13.3. The highest BCUT2D eigenvalue weighted by Gasteiger charge is 2.29. The highest BCUT2D eigenvalue weighted by molar-refractivity contribution is 7.87. The van der Waals surface area contributed by atoms with E-state index in [1.54, 1.807) is 0 Å². The molecule has 0 aromatic heterocycles. The van der Waals surface area contributed by atoms with E-state index < -0.39 is 27.8 Å². The Morgan fingerprint density at radius 1 is 0.704 bits per heavy atom. The topological polar surface area (TPSA) is 122 Å². The smallest absolute Gasteiger partial charge is 0.255 e. The third kappa shape index (κ3) is 6.53. The van der Waals surface area contributed by atoms with Crippen molar-refractivity contribution in [3.8, 4) is 0 Å². The van der Waals surface area contributed by atoms with E-state index in [2.05, 4.69) is 18.0 Å². The van der Waals surface area contributed by atoms with Gasteiger partial charge in [0.25, 0.3) is 0 Å². The molecule has 0 bridgehead atoms. The number of benzene rings is 2. The van der Waals surface area contributed by atoms with Gasteiger partial charge in [0.2, 0.25) is 0 Å². The zero-order valence-corrected chi connectivity index (χ0v) is 17.4. The third-order valence-electron chi connectivity index (χ3n) is 2.72. The van der Waals surface area contributed by atoms with Crippen molar-refractivity contribution in [2.75, 3.05) is 6.66 Å². The molecule has 0 saturated heterocycles. The minimum absolute atomic E-state index is 0.278. The van der Waals surface area contributed by atoms with Crippen LogP contribution in [-0.4, -0.2) is 23.5 Å². The Labute approximate surface area is 165 Å². The van der Waals surface area contributed by atoms with E-state index in [0.717, 1.165) is 30.9 Å². The van der Waals surface area contributed by atoms with Crippen molar-refractivity contribution < 1.29 is 39.4 Å². The van der Waals surface area contributed by atoms with Crippen molar-refractivity contribution in [3.05, 3.63) is 58.6 Å². The normalized spacial score (nSPS) is 12.9. The molecule has 2 aromatic carbocycles. The Bertz CT molecular complexity index is 968. The van der Waals surface area contributed by atoms with E-state index in [1.807, 2.05) is 0 Å². The molecule has 0 fully saturated rings. The molecular weight excluding hydrogens is 466 g/mol. The number of halogens is 2. The Hall–Kier alpha value is -1.01. The summed E-state index contributed by atoms with van der Waals surface area (Å²) in [5, 5.41) is 0.556. The summed E-state index contributed by atoms with van der Waals surface area (Å²) < 4.78 is 76.4. The molecule has 27 heavy (non-hydrogen) atoms. The monoisotopic (exact) mass is 476 g/mol. The van der Waals surface area contributed by atoms with Crippen LogP contribution < -0.4 is 0 Å². The van der Waals surface area contributed by atoms with Crippen LogP contribution in [0.15, 0.2) is 58.3 Å². The maximum atomic E-state index is 12.0. The zero-order chi connectivity index (χ0) is 20.3. The predicted molar refractivity (Wildman–Crippen MR) is 95.1 cm³/mol.